The average molecular weight is 286 g/mol. The van der Waals surface area contributed by atoms with Gasteiger partial charge in [-0.1, -0.05) is 17.9 Å². The molecule has 0 aliphatic carbocycles. The minimum absolute atomic E-state index is 0.0397. The van der Waals surface area contributed by atoms with Gasteiger partial charge in [0.2, 0.25) is 0 Å². The molecule has 0 saturated carbocycles. The van der Waals surface area contributed by atoms with Gasteiger partial charge in [0.1, 0.15) is 0 Å². The molecule has 1 amide bonds. The maximum Gasteiger partial charge on any atom is 0.253 e. The summed E-state index contributed by atoms with van der Waals surface area (Å²) in [5.41, 5.74) is 6.87. The summed E-state index contributed by atoms with van der Waals surface area (Å²) in [7, 11) is 1.86. The fourth-order valence-corrected chi connectivity index (χ4v) is 2.50. The Morgan fingerprint density at radius 3 is 2.90 bits per heavy atom. The van der Waals surface area contributed by atoms with Gasteiger partial charge in [-0.3, -0.25) is 4.79 Å². The molecule has 0 radical (unpaired) electrons. The Hall–Kier alpha value is -1.83. The van der Waals surface area contributed by atoms with Gasteiger partial charge in [-0.15, -0.1) is 0 Å². The topological polar surface area (TPSA) is 55.6 Å². The van der Waals surface area contributed by atoms with Crippen LogP contribution in [0.4, 0.5) is 0 Å². The molecule has 0 atom stereocenters. The summed E-state index contributed by atoms with van der Waals surface area (Å²) in [6.45, 7) is 2.70. The smallest absolute Gasteiger partial charge is 0.253 e. The van der Waals surface area contributed by atoms with E-state index in [0.29, 0.717) is 18.0 Å². The molecule has 4 nitrogen and oxygen atoms in total. The number of nitrogens with two attached hydrogens (primary N) is 1. The van der Waals surface area contributed by atoms with Crippen molar-refractivity contribution in [3.05, 3.63) is 35.4 Å². The Bertz CT molecular complexity index is 539. The van der Waals surface area contributed by atoms with Crippen molar-refractivity contribution in [2.24, 2.45) is 11.7 Å². The molecule has 112 valence electrons. The van der Waals surface area contributed by atoms with Crippen molar-refractivity contribution in [1.29, 1.82) is 0 Å². The number of amides is 1. The predicted molar refractivity (Wildman–Crippen MR) is 82.9 cm³/mol. The minimum Gasteiger partial charge on any atom is -0.381 e. The van der Waals surface area contributed by atoms with E-state index >= 15 is 0 Å². The lowest BCUT2D eigenvalue weighted by Crippen LogP contribution is -2.34. The van der Waals surface area contributed by atoms with Crippen molar-refractivity contribution in [3.63, 3.8) is 0 Å². The van der Waals surface area contributed by atoms with E-state index in [0.717, 1.165) is 38.2 Å². The fraction of sp³-hybridized carbons (Fsp3) is 0.471. The van der Waals surface area contributed by atoms with Gasteiger partial charge in [-0.05, 0) is 37.0 Å². The summed E-state index contributed by atoms with van der Waals surface area (Å²) in [5.74, 6) is 6.34. The second kappa shape index (κ2) is 7.82. The molecule has 0 spiro atoms. The number of carbonyl (C=O) groups is 1. The summed E-state index contributed by atoms with van der Waals surface area (Å²) >= 11 is 0. The highest BCUT2D eigenvalue weighted by Crippen LogP contribution is 2.17. The van der Waals surface area contributed by atoms with Gasteiger partial charge in [0.15, 0.2) is 0 Å². The quantitative estimate of drug-likeness (QED) is 0.857. The van der Waals surface area contributed by atoms with E-state index in [-0.39, 0.29) is 5.91 Å². The fourth-order valence-electron chi connectivity index (χ4n) is 2.50. The summed E-state index contributed by atoms with van der Waals surface area (Å²) in [6.07, 6.45) is 2.05. The first-order chi connectivity index (χ1) is 10.2. The molecule has 0 bridgehead atoms. The summed E-state index contributed by atoms with van der Waals surface area (Å²) in [6, 6.07) is 7.40. The van der Waals surface area contributed by atoms with Crippen LogP contribution in [0.5, 0.6) is 0 Å². The largest absolute Gasteiger partial charge is 0.381 e. The normalized spacial score (nSPS) is 15.1. The van der Waals surface area contributed by atoms with E-state index in [4.69, 9.17) is 10.5 Å². The molecule has 1 aliphatic rings. The Kier molecular flexibility index (Phi) is 5.79. The number of hydrogen-bond acceptors (Lipinski definition) is 3. The van der Waals surface area contributed by atoms with Crippen LogP contribution in [-0.2, 0) is 4.74 Å². The molecule has 4 heteroatoms. The van der Waals surface area contributed by atoms with E-state index in [2.05, 4.69) is 11.8 Å². The van der Waals surface area contributed by atoms with E-state index < -0.39 is 0 Å². The SMILES string of the molecule is CN(CC1CCOCC1)C(=O)c1cccc(C#CCN)c1. The Balaban J connectivity index is 2.01. The summed E-state index contributed by atoms with van der Waals surface area (Å²) in [5, 5.41) is 0. The third-order valence-electron chi connectivity index (χ3n) is 3.66. The van der Waals surface area contributed by atoms with Gasteiger partial charge in [0, 0.05) is 37.9 Å². The number of nitrogens with zero attached hydrogens (tertiary/aromatic N) is 1. The molecule has 1 aliphatic heterocycles. The highest BCUT2D eigenvalue weighted by molar-refractivity contribution is 5.94. The number of hydrogen-bond donors (Lipinski definition) is 1. The highest BCUT2D eigenvalue weighted by atomic mass is 16.5. The molecule has 2 rings (SSSR count). The summed E-state index contributed by atoms with van der Waals surface area (Å²) in [4.78, 5) is 14.3. The van der Waals surface area contributed by atoms with Crippen molar-refractivity contribution >= 4 is 5.91 Å². The van der Waals surface area contributed by atoms with Crippen LogP contribution in [0, 0.1) is 17.8 Å². The van der Waals surface area contributed by atoms with Crippen LogP contribution >= 0.6 is 0 Å². The lowest BCUT2D eigenvalue weighted by molar-refractivity contribution is 0.0497. The lowest BCUT2D eigenvalue weighted by Gasteiger charge is -2.27. The predicted octanol–water partition coefficient (Wildman–Crippen LogP) is 1.50. The van der Waals surface area contributed by atoms with Gasteiger partial charge in [0.25, 0.3) is 5.91 Å². The molecule has 0 aromatic heterocycles. The van der Waals surface area contributed by atoms with Crippen LogP contribution in [0.25, 0.3) is 0 Å². The molecule has 1 heterocycles. The van der Waals surface area contributed by atoms with E-state index in [1.807, 2.05) is 31.3 Å². The molecular weight excluding hydrogens is 264 g/mol. The van der Waals surface area contributed by atoms with Crippen LogP contribution in [0.15, 0.2) is 24.3 Å². The van der Waals surface area contributed by atoms with Gasteiger partial charge < -0.3 is 15.4 Å². The first-order valence-electron chi connectivity index (χ1n) is 7.33. The van der Waals surface area contributed by atoms with Crippen LogP contribution in [0.2, 0.25) is 0 Å². The standard InChI is InChI=1S/C17H22N2O2/c1-19(13-15-7-10-21-11-8-15)17(20)16-6-2-4-14(12-16)5-3-9-18/h2,4,6,12,15H,7-11,13,18H2,1H3. The molecular formula is C17H22N2O2. The Morgan fingerprint density at radius 2 is 2.19 bits per heavy atom. The lowest BCUT2D eigenvalue weighted by atomic mass is 9.99. The van der Waals surface area contributed by atoms with Crippen molar-refractivity contribution in [2.45, 2.75) is 12.8 Å². The molecule has 1 fully saturated rings. The Morgan fingerprint density at radius 1 is 1.43 bits per heavy atom. The average Bonchev–Trinajstić information content (AvgIpc) is 2.53. The molecule has 0 unspecified atom stereocenters. The van der Waals surface area contributed by atoms with Crippen molar-refractivity contribution in [1.82, 2.24) is 4.90 Å². The zero-order chi connectivity index (χ0) is 15.1. The van der Waals surface area contributed by atoms with Crippen molar-refractivity contribution < 1.29 is 9.53 Å². The van der Waals surface area contributed by atoms with E-state index in [9.17, 15) is 4.79 Å². The second-order valence-corrected chi connectivity index (χ2v) is 5.33. The first kappa shape index (κ1) is 15.6. The first-order valence-corrected chi connectivity index (χ1v) is 7.33. The zero-order valence-electron chi connectivity index (χ0n) is 12.5. The maximum atomic E-state index is 12.5. The number of benzene rings is 1. The highest BCUT2D eigenvalue weighted by Gasteiger charge is 2.19. The van der Waals surface area contributed by atoms with Crippen LogP contribution < -0.4 is 5.73 Å². The van der Waals surface area contributed by atoms with Crippen molar-refractivity contribution in [3.8, 4) is 11.8 Å². The number of rotatable bonds is 3. The molecule has 1 aromatic rings. The van der Waals surface area contributed by atoms with Gasteiger partial charge in [-0.2, -0.15) is 0 Å². The van der Waals surface area contributed by atoms with Gasteiger partial charge in [0.05, 0.1) is 6.54 Å². The van der Waals surface area contributed by atoms with Crippen LogP contribution in [-0.4, -0.2) is 44.2 Å². The summed E-state index contributed by atoms with van der Waals surface area (Å²) < 4.78 is 5.35. The third kappa shape index (κ3) is 4.59. The number of carbonyl (C=O) groups excluding carboxylic acids is 1. The van der Waals surface area contributed by atoms with Gasteiger partial charge in [-0.25, -0.2) is 0 Å². The van der Waals surface area contributed by atoms with Crippen LogP contribution in [0.1, 0.15) is 28.8 Å². The maximum absolute atomic E-state index is 12.5. The van der Waals surface area contributed by atoms with Crippen molar-refractivity contribution in [2.75, 3.05) is 33.4 Å². The molecule has 1 aromatic carbocycles. The Labute approximate surface area is 126 Å². The van der Waals surface area contributed by atoms with Gasteiger partial charge >= 0.3 is 0 Å². The second-order valence-electron chi connectivity index (χ2n) is 5.33. The van der Waals surface area contributed by atoms with Crippen LogP contribution in [0.3, 0.4) is 0 Å². The van der Waals surface area contributed by atoms with E-state index in [1.54, 1.807) is 4.90 Å². The third-order valence-corrected chi connectivity index (χ3v) is 3.66. The minimum atomic E-state index is 0.0397. The zero-order valence-corrected chi connectivity index (χ0v) is 12.5. The number of ether oxygens (including phenoxy) is 1. The molecule has 21 heavy (non-hydrogen) atoms. The molecule has 2 N–H and O–H groups in total. The monoisotopic (exact) mass is 286 g/mol. The molecule has 1 saturated heterocycles. The van der Waals surface area contributed by atoms with E-state index in [1.165, 1.54) is 0 Å².